The van der Waals surface area contributed by atoms with Crippen molar-refractivity contribution < 1.29 is 14.6 Å². The topological polar surface area (TPSA) is 84.6 Å². The van der Waals surface area contributed by atoms with Gasteiger partial charge in [-0.05, 0) is 19.1 Å². The maximum atomic E-state index is 11.3. The number of carbonyl (C=O) groups is 1. The van der Waals surface area contributed by atoms with Gasteiger partial charge < -0.3 is 15.3 Å². The number of rotatable bonds is 3. The van der Waals surface area contributed by atoms with Gasteiger partial charge in [0.05, 0.1) is 12.3 Å². The van der Waals surface area contributed by atoms with Crippen LogP contribution in [0.4, 0.5) is 5.69 Å². The summed E-state index contributed by atoms with van der Waals surface area (Å²) in [5.74, 6) is 4.36. The summed E-state index contributed by atoms with van der Waals surface area (Å²) in [6.07, 6.45) is 0. The Labute approximate surface area is 81.5 Å². The summed E-state index contributed by atoms with van der Waals surface area (Å²) in [5, 5.41) is 9.54. The summed E-state index contributed by atoms with van der Waals surface area (Å²) in [5.41, 5.74) is 2.66. The SMILES string of the molecule is CCOC(=O)c1cccc(NN)c1O. The monoisotopic (exact) mass is 196 g/mol. The van der Waals surface area contributed by atoms with Gasteiger partial charge in [-0.25, -0.2) is 4.79 Å². The van der Waals surface area contributed by atoms with Crippen molar-refractivity contribution in [1.82, 2.24) is 0 Å². The molecule has 0 unspecified atom stereocenters. The van der Waals surface area contributed by atoms with Gasteiger partial charge in [-0.15, -0.1) is 0 Å². The van der Waals surface area contributed by atoms with Crippen LogP contribution in [-0.2, 0) is 4.74 Å². The molecule has 14 heavy (non-hydrogen) atoms. The Morgan fingerprint density at radius 1 is 1.64 bits per heavy atom. The molecule has 0 amide bonds. The molecule has 0 atom stereocenters. The molecule has 0 saturated heterocycles. The summed E-state index contributed by atoms with van der Waals surface area (Å²) >= 11 is 0. The largest absolute Gasteiger partial charge is 0.505 e. The number of hydrogen-bond donors (Lipinski definition) is 3. The van der Waals surface area contributed by atoms with E-state index >= 15 is 0 Å². The molecule has 1 rings (SSSR count). The minimum atomic E-state index is -0.568. The van der Waals surface area contributed by atoms with Crippen LogP contribution < -0.4 is 11.3 Å². The Hall–Kier alpha value is -1.75. The lowest BCUT2D eigenvalue weighted by atomic mass is 10.2. The number of nitrogens with two attached hydrogens (primary N) is 1. The van der Waals surface area contributed by atoms with E-state index in [1.165, 1.54) is 6.07 Å². The van der Waals surface area contributed by atoms with Gasteiger partial charge in [-0.3, -0.25) is 5.84 Å². The summed E-state index contributed by atoms with van der Waals surface area (Å²) in [6, 6.07) is 4.62. The molecule has 0 aliphatic rings. The number of nitrogens with one attached hydrogen (secondary N) is 1. The van der Waals surface area contributed by atoms with E-state index in [0.717, 1.165) is 0 Å². The quantitative estimate of drug-likeness (QED) is 0.289. The Morgan fingerprint density at radius 2 is 2.36 bits per heavy atom. The number of benzene rings is 1. The zero-order chi connectivity index (χ0) is 10.6. The Morgan fingerprint density at radius 3 is 2.93 bits per heavy atom. The number of nitrogen functional groups attached to an aromatic ring is 1. The number of phenolic OH excluding ortho intramolecular Hbond substituents is 1. The van der Waals surface area contributed by atoms with Crippen molar-refractivity contribution in [3.05, 3.63) is 23.8 Å². The molecular formula is C9H12N2O3. The Bertz CT molecular complexity index is 339. The van der Waals surface area contributed by atoms with Crippen LogP contribution in [0.15, 0.2) is 18.2 Å². The first-order valence-corrected chi connectivity index (χ1v) is 4.16. The molecule has 1 aromatic rings. The van der Waals surface area contributed by atoms with Crippen molar-refractivity contribution in [3.63, 3.8) is 0 Å². The van der Waals surface area contributed by atoms with Crippen LogP contribution in [0.25, 0.3) is 0 Å². The van der Waals surface area contributed by atoms with E-state index in [-0.39, 0.29) is 23.6 Å². The Kier molecular flexibility index (Phi) is 3.30. The highest BCUT2D eigenvalue weighted by Crippen LogP contribution is 2.26. The van der Waals surface area contributed by atoms with E-state index in [1.54, 1.807) is 19.1 Å². The Balaban J connectivity index is 3.03. The second kappa shape index (κ2) is 4.48. The summed E-state index contributed by atoms with van der Waals surface area (Å²) < 4.78 is 4.74. The fourth-order valence-corrected chi connectivity index (χ4v) is 1.03. The van der Waals surface area contributed by atoms with Gasteiger partial charge in [0.15, 0.2) is 5.75 Å². The predicted molar refractivity (Wildman–Crippen MR) is 51.9 cm³/mol. The van der Waals surface area contributed by atoms with Crippen molar-refractivity contribution in [2.24, 2.45) is 5.84 Å². The van der Waals surface area contributed by atoms with Crippen LogP contribution in [0, 0.1) is 0 Å². The number of ether oxygens (including phenoxy) is 1. The van der Waals surface area contributed by atoms with Crippen molar-refractivity contribution >= 4 is 11.7 Å². The number of phenols is 1. The summed E-state index contributed by atoms with van der Waals surface area (Å²) in [4.78, 5) is 11.3. The highest BCUT2D eigenvalue weighted by atomic mass is 16.5. The summed E-state index contributed by atoms with van der Waals surface area (Å²) in [7, 11) is 0. The average Bonchev–Trinajstić information content (AvgIpc) is 2.18. The number of anilines is 1. The molecule has 0 heterocycles. The van der Waals surface area contributed by atoms with Crippen LogP contribution in [-0.4, -0.2) is 17.7 Å². The molecule has 76 valence electrons. The molecule has 0 radical (unpaired) electrons. The van der Waals surface area contributed by atoms with Gasteiger partial charge in [0, 0.05) is 0 Å². The molecule has 0 fully saturated rings. The number of aromatic hydroxyl groups is 1. The minimum absolute atomic E-state index is 0.0994. The van der Waals surface area contributed by atoms with Crippen molar-refractivity contribution in [2.45, 2.75) is 6.92 Å². The molecule has 0 saturated carbocycles. The van der Waals surface area contributed by atoms with Crippen LogP contribution in [0.2, 0.25) is 0 Å². The van der Waals surface area contributed by atoms with Crippen molar-refractivity contribution in [3.8, 4) is 5.75 Å². The molecule has 0 aromatic heterocycles. The van der Waals surface area contributed by atoms with Crippen LogP contribution >= 0.6 is 0 Å². The normalized spacial score (nSPS) is 9.57. The third-order valence-electron chi connectivity index (χ3n) is 1.69. The standard InChI is InChI=1S/C9H12N2O3/c1-2-14-9(13)6-4-3-5-7(11-10)8(6)12/h3-5,11-12H,2,10H2,1H3. The van der Waals surface area contributed by atoms with E-state index in [9.17, 15) is 9.90 Å². The molecule has 0 aliphatic carbocycles. The molecule has 4 N–H and O–H groups in total. The van der Waals surface area contributed by atoms with Crippen LogP contribution in [0.5, 0.6) is 5.75 Å². The maximum Gasteiger partial charge on any atom is 0.341 e. The highest BCUT2D eigenvalue weighted by molar-refractivity contribution is 5.94. The average molecular weight is 196 g/mol. The maximum absolute atomic E-state index is 11.3. The second-order valence-electron chi connectivity index (χ2n) is 2.57. The first-order chi connectivity index (χ1) is 6.70. The van der Waals surface area contributed by atoms with Gasteiger partial charge in [0.1, 0.15) is 5.56 Å². The van der Waals surface area contributed by atoms with Crippen LogP contribution in [0.1, 0.15) is 17.3 Å². The fraction of sp³-hybridized carbons (Fsp3) is 0.222. The van der Waals surface area contributed by atoms with Crippen molar-refractivity contribution in [2.75, 3.05) is 12.0 Å². The van der Waals surface area contributed by atoms with E-state index in [1.807, 2.05) is 0 Å². The second-order valence-corrected chi connectivity index (χ2v) is 2.57. The number of esters is 1. The fourth-order valence-electron chi connectivity index (χ4n) is 1.03. The van der Waals surface area contributed by atoms with Gasteiger partial charge >= 0.3 is 5.97 Å². The van der Waals surface area contributed by atoms with E-state index < -0.39 is 5.97 Å². The zero-order valence-electron chi connectivity index (χ0n) is 7.78. The molecule has 0 bridgehead atoms. The van der Waals surface area contributed by atoms with Crippen molar-refractivity contribution in [1.29, 1.82) is 0 Å². The van der Waals surface area contributed by atoms with Crippen LogP contribution in [0.3, 0.4) is 0 Å². The number of para-hydroxylation sites is 1. The smallest absolute Gasteiger partial charge is 0.341 e. The first kappa shape index (κ1) is 10.3. The highest BCUT2D eigenvalue weighted by Gasteiger charge is 2.14. The number of carbonyl (C=O) groups excluding carboxylic acids is 1. The molecule has 1 aromatic carbocycles. The molecular weight excluding hydrogens is 184 g/mol. The zero-order valence-corrected chi connectivity index (χ0v) is 7.78. The first-order valence-electron chi connectivity index (χ1n) is 4.16. The molecule has 5 nitrogen and oxygen atoms in total. The third kappa shape index (κ3) is 1.94. The lowest BCUT2D eigenvalue weighted by molar-refractivity contribution is 0.0523. The van der Waals surface area contributed by atoms with Gasteiger partial charge in [0.25, 0.3) is 0 Å². The van der Waals surface area contributed by atoms with Gasteiger partial charge in [-0.1, -0.05) is 6.07 Å². The lowest BCUT2D eigenvalue weighted by Gasteiger charge is -2.07. The van der Waals surface area contributed by atoms with Gasteiger partial charge in [-0.2, -0.15) is 0 Å². The minimum Gasteiger partial charge on any atom is -0.505 e. The van der Waals surface area contributed by atoms with E-state index in [4.69, 9.17) is 10.6 Å². The summed E-state index contributed by atoms with van der Waals surface area (Å²) in [6.45, 7) is 1.96. The third-order valence-corrected chi connectivity index (χ3v) is 1.69. The number of hydrazine groups is 1. The molecule has 0 spiro atoms. The predicted octanol–water partition coefficient (Wildman–Crippen LogP) is 0.854. The molecule has 5 heteroatoms. The van der Waals surface area contributed by atoms with E-state index in [2.05, 4.69) is 5.43 Å². The number of hydrogen-bond acceptors (Lipinski definition) is 5. The molecule has 0 aliphatic heterocycles. The van der Waals surface area contributed by atoms with Gasteiger partial charge in [0.2, 0.25) is 0 Å². The van der Waals surface area contributed by atoms with E-state index in [0.29, 0.717) is 0 Å². The lowest BCUT2D eigenvalue weighted by Crippen LogP contribution is -2.10.